The molecule has 0 aliphatic carbocycles. The molecule has 2 aromatic carbocycles. The van der Waals surface area contributed by atoms with Gasteiger partial charge in [-0.25, -0.2) is 4.79 Å². The van der Waals surface area contributed by atoms with Crippen LogP contribution >= 0.6 is 15.9 Å². The predicted molar refractivity (Wildman–Crippen MR) is 87.0 cm³/mol. The summed E-state index contributed by atoms with van der Waals surface area (Å²) in [5, 5.41) is 22.9. The topological polar surface area (TPSA) is 91.2 Å². The molecule has 0 atom stereocenters. The summed E-state index contributed by atoms with van der Waals surface area (Å²) >= 11 is 3.31. The SMILES string of the molecule is COc1cc(Br)cc(/C=N/Nc2cccc(C(=O)O)c2)c1O. The molecule has 0 saturated heterocycles. The molecule has 114 valence electrons. The zero-order valence-electron chi connectivity index (χ0n) is 11.6. The summed E-state index contributed by atoms with van der Waals surface area (Å²) in [7, 11) is 1.46. The molecular weight excluding hydrogens is 352 g/mol. The lowest BCUT2D eigenvalue weighted by Crippen LogP contribution is -1.98. The Labute approximate surface area is 135 Å². The Morgan fingerprint density at radius 1 is 1.36 bits per heavy atom. The number of benzene rings is 2. The quantitative estimate of drug-likeness (QED) is 0.559. The number of aromatic hydroxyl groups is 1. The number of halogens is 1. The molecule has 0 unspecified atom stereocenters. The summed E-state index contributed by atoms with van der Waals surface area (Å²) in [6.07, 6.45) is 1.41. The second-order valence-electron chi connectivity index (χ2n) is 4.30. The van der Waals surface area contributed by atoms with Crippen molar-refractivity contribution >= 4 is 33.8 Å². The molecule has 0 fully saturated rings. The maximum absolute atomic E-state index is 10.9. The molecule has 7 heteroatoms. The minimum Gasteiger partial charge on any atom is -0.504 e. The summed E-state index contributed by atoms with van der Waals surface area (Å²) in [5.74, 6) is -0.721. The largest absolute Gasteiger partial charge is 0.504 e. The summed E-state index contributed by atoms with van der Waals surface area (Å²) in [6, 6.07) is 9.56. The molecule has 0 radical (unpaired) electrons. The van der Waals surface area contributed by atoms with E-state index in [0.717, 1.165) is 4.47 Å². The average Bonchev–Trinajstić information content (AvgIpc) is 2.50. The van der Waals surface area contributed by atoms with Crippen molar-refractivity contribution in [3.63, 3.8) is 0 Å². The monoisotopic (exact) mass is 364 g/mol. The van der Waals surface area contributed by atoms with E-state index in [4.69, 9.17) is 9.84 Å². The standard InChI is InChI=1S/C15H13BrN2O4/c1-22-13-7-11(16)5-10(14(13)19)8-17-18-12-4-2-3-9(6-12)15(20)21/h2-8,18-19H,1H3,(H,20,21)/b17-8+. The first kappa shape index (κ1) is 15.8. The van der Waals surface area contributed by atoms with Gasteiger partial charge in [0.15, 0.2) is 11.5 Å². The van der Waals surface area contributed by atoms with Gasteiger partial charge >= 0.3 is 5.97 Å². The maximum Gasteiger partial charge on any atom is 0.335 e. The van der Waals surface area contributed by atoms with E-state index >= 15 is 0 Å². The normalized spacial score (nSPS) is 10.6. The van der Waals surface area contributed by atoms with E-state index in [1.807, 2.05) is 0 Å². The maximum atomic E-state index is 10.9. The van der Waals surface area contributed by atoms with Crippen LogP contribution in [-0.2, 0) is 0 Å². The summed E-state index contributed by atoms with van der Waals surface area (Å²) < 4.78 is 5.78. The van der Waals surface area contributed by atoms with Crippen LogP contribution < -0.4 is 10.2 Å². The van der Waals surface area contributed by atoms with Crippen LogP contribution in [0.15, 0.2) is 46.0 Å². The number of rotatable bonds is 5. The number of hydrogen-bond acceptors (Lipinski definition) is 5. The number of nitrogens with one attached hydrogen (secondary N) is 1. The number of hydrogen-bond donors (Lipinski definition) is 3. The number of aromatic carboxylic acids is 1. The van der Waals surface area contributed by atoms with Crippen molar-refractivity contribution in [2.45, 2.75) is 0 Å². The van der Waals surface area contributed by atoms with E-state index in [9.17, 15) is 9.90 Å². The van der Waals surface area contributed by atoms with E-state index in [2.05, 4.69) is 26.5 Å². The van der Waals surface area contributed by atoms with Gasteiger partial charge in [0.1, 0.15) is 0 Å². The number of anilines is 1. The van der Waals surface area contributed by atoms with Gasteiger partial charge in [-0.05, 0) is 30.3 Å². The molecular formula is C15H13BrN2O4. The van der Waals surface area contributed by atoms with Crippen LogP contribution in [0.5, 0.6) is 11.5 Å². The molecule has 0 aromatic heterocycles. The third-order valence-electron chi connectivity index (χ3n) is 2.80. The number of hydrazone groups is 1. The summed E-state index contributed by atoms with van der Waals surface area (Å²) in [4.78, 5) is 10.9. The predicted octanol–water partition coefficient (Wildman–Crippen LogP) is 3.31. The Bertz CT molecular complexity index is 731. The van der Waals surface area contributed by atoms with Gasteiger partial charge < -0.3 is 14.9 Å². The first-order valence-corrected chi connectivity index (χ1v) is 6.99. The Morgan fingerprint density at radius 2 is 2.14 bits per heavy atom. The molecule has 0 aliphatic heterocycles. The molecule has 2 rings (SSSR count). The first-order chi connectivity index (χ1) is 10.5. The highest BCUT2D eigenvalue weighted by Gasteiger charge is 2.08. The molecule has 2 aromatic rings. The average molecular weight is 365 g/mol. The Balaban J connectivity index is 2.18. The van der Waals surface area contributed by atoms with Gasteiger partial charge in [-0.1, -0.05) is 22.0 Å². The van der Waals surface area contributed by atoms with E-state index in [-0.39, 0.29) is 11.3 Å². The first-order valence-electron chi connectivity index (χ1n) is 6.20. The van der Waals surface area contributed by atoms with Gasteiger partial charge in [-0.15, -0.1) is 0 Å². The van der Waals surface area contributed by atoms with Crippen LogP contribution in [0.2, 0.25) is 0 Å². The third kappa shape index (κ3) is 3.76. The van der Waals surface area contributed by atoms with Gasteiger partial charge in [0.05, 0.1) is 24.6 Å². The summed E-state index contributed by atoms with van der Waals surface area (Å²) in [6.45, 7) is 0. The van der Waals surface area contributed by atoms with Crippen LogP contribution in [0, 0.1) is 0 Å². The van der Waals surface area contributed by atoms with Gasteiger partial charge in [0.25, 0.3) is 0 Å². The second kappa shape index (κ2) is 6.95. The van der Waals surface area contributed by atoms with Crippen molar-refractivity contribution in [1.82, 2.24) is 0 Å². The van der Waals surface area contributed by atoms with Crippen molar-refractivity contribution < 1.29 is 19.7 Å². The lowest BCUT2D eigenvalue weighted by Gasteiger charge is -2.07. The van der Waals surface area contributed by atoms with Crippen LogP contribution in [0.1, 0.15) is 15.9 Å². The lowest BCUT2D eigenvalue weighted by molar-refractivity contribution is 0.0697. The van der Waals surface area contributed by atoms with Gasteiger partial charge in [-0.2, -0.15) is 5.10 Å². The fourth-order valence-electron chi connectivity index (χ4n) is 1.75. The highest BCUT2D eigenvalue weighted by atomic mass is 79.9. The van der Waals surface area contributed by atoms with E-state index in [0.29, 0.717) is 17.0 Å². The number of phenolic OH excluding ortho intramolecular Hbond substituents is 1. The Kier molecular flexibility index (Phi) is 5.00. The van der Waals surface area contributed by atoms with Crippen molar-refractivity contribution in [3.05, 3.63) is 52.0 Å². The van der Waals surface area contributed by atoms with E-state index < -0.39 is 5.97 Å². The van der Waals surface area contributed by atoms with Crippen molar-refractivity contribution in [2.24, 2.45) is 5.10 Å². The number of carboxylic acid groups (broad SMARTS) is 1. The lowest BCUT2D eigenvalue weighted by atomic mass is 10.2. The molecule has 0 saturated carbocycles. The Hall–Kier alpha value is -2.54. The smallest absolute Gasteiger partial charge is 0.335 e. The molecule has 0 aliphatic rings. The fourth-order valence-corrected chi connectivity index (χ4v) is 2.20. The fraction of sp³-hybridized carbons (Fsp3) is 0.0667. The zero-order valence-corrected chi connectivity index (χ0v) is 13.2. The molecule has 0 amide bonds. The number of phenols is 1. The van der Waals surface area contributed by atoms with Gasteiger partial charge in [0, 0.05) is 10.0 Å². The van der Waals surface area contributed by atoms with Crippen molar-refractivity contribution in [2.75, 3.05) is 12.5 Å². The molecule has 6 nitrogen and oxygen atoms in total. The molecule has 0 bridgehead atoms. The zero-order chi connectivity index (χ0) is 16.1. The van der Waals surface area contributed by atoms with Gasteiger partial charge in [-0.3, -0.25) is 5.43 Å². The molecule has 3 N–H and O–H groups in total. The minimum atomic E-state index is -1.01. The van der Waals surface area contributed by atoms with Crippen LogP contribution in [0.25, 0.3) is 0 Å². The van der Waals surface area contributed by atoms with Gasteiger partial charge in [0.2, 0.25) is 0 Å². The number of carbonyl (C=O) groups is 1. The Morgan fingerprint density at radius 3 is 2.82 bits per heavy atom. The van der Waals surface area contributed by atoms with Crippen LogP contribution in [-0.4, -0.2) is 29.5 Å². The highest BCUT2D eigenvalue weighted by molar-refractivity contribution is 9.10. The highest BCUT2D eigenvalue weighted by Crippen LogP contribution is 2.32. The minimum absolute atomic E-state index is 0.0319. The van der Waals surface area contributed by atoms with Crippen molar-refractivity contribution in [3.8, 4) is 11.5 Å². The summed E-state index contributed by atoms with van der Waals surface area (Å²) in [5.41, 5.74) is 3.85. The van der Waals surface area contributed by atoms with Crippen LogP contribution in [0.4, 0.5) is 5.69 Å². The molecule has 22 heavy (non-hydrogen) atoms. The van der Waals surface area contributed by atoms with Crippen LogP contribution in [0.3, 0.4) is 0 Å². The number of nitrogens with zero attached hydrogens (tertiary/aromatic N) is 1. The van der Waals surface area contributed by atoms with E-state index in [1.165, 1.54) is 25.5 Å². The molecule has 0 spiro atoms. The molecule has 0 heterocycles. The number of methoxy groups -OCH3 is 1. The van der Waals surface area contributed by atoms with E-state index in [1.54, 1.807) is 24.3 Å². The van der Waals surface area contributed by atoms with Crippen molar-refractivity contribution in [1.29, 1.82) is 0 Å². The number of carboxylic acids is 1. The number of ether oxygens (including phenoxy) is 1. The second-order valence-corrected chi connectivity index (χ2v) is 5.22. The third-order valence-corrected chi connectivity index (χ3v) is 3.25.